The van der Waals surface area contributed by atoms with Crippen LogP contribution >= 0.6 is 0 Å². The van der Waals surface area contributed by atoms with Gasteiger partial charge in [0.2, 0.25) is 5.82 Å². The highest BCUT2D eigenvalue weighted by atomic mass is 16.5. The number of nitrogens with zero attached hydrogens (tertiary/aromatic N) is 3. The maximum Gasteiger partial charge on any atom is 0.291 e. The average Bonchev–Trinajstić information content (AvgIpc) is 3.17. The van der Waals surface area contributed by atoms with Crippen molar-refractivity contribution in [3.8, 4) is 17.1 Å². The Balaban J connectivity index is 1.77. The summed E-state index contributed by atoms with van der Waals surface area (Å²) >= 11 is 0. The molecule has 0 aliphatic heterocycles. The fraction of sp³-hybridized carbons (Fsp3) is 0.250. The van der Waals surface area contributed by atoms with Gasteiger partial charge in [0.05, 0.1) is 12.3 Å². The maximum atomic E-state index is 12.5. The third kappa shape index (κ3) is 4.99. The van der Waals surface area contributed by atoms with Crippen LogP contribution in [0.15, 0.2) is 60.7 Å². The molecule has 0 fully saturated rings. The minimum atomic E-state index is -0.296. The molecule has 0 bridgehead atoms. The summed E-state index contributed by atoms with van der Waals surface area (Å²) in [7, 11) is 1.66. The number of amides is 1. The van der Waals surface area contributed by atoms with Crippen LogP contribution in [0, 0.1) is 0 Å². The number of carbonyl (C=O) groups excluding carboxylic acids is 1. The topological polar surface area (TPSA) is 81.1 Å². The molecule has 0 unspecified atom stereocenters. The van der Waals surface area contributed by atoms with Gasteiger partial charge < -0.3 is 15.4 Å². The van der Waals surface area contributed by atoms with Crippen molar-refractivity contribution in [1.82, 2.24) is 25.4 Å². The summed E-state index contributed by atoms with van der Waals surface area (Å²) < 4.78 is 6.66. The second-order valence-electron chi connectivity index (χ2n) is 5.87. The summed E-state index contributed by atoms with van der Waals surface area (Å²) in [5, 5.41) is 10.5. The highest BCUT2D eigenvalue weighted by molar-refractivity contribution is 5.91. The lowest BCUT2D eigenvalue weighted by Crippen LogP contribution is -2.33. The first-order valence-corrected chi connectivity index (χ1v) is 8.85. The molecule has 27 heavy (non-hydrogen) atoms. The molecule has 0 radical (unpaired) electrons. The molecule has 1 heterocycles. The quantitative estimate of drug-likeness (QED) is 0.566. The Bertz CT molecular complexity index is 792. The molecule has 0 saturated carbocycles. The third-order valence-corrected chi connectivity index (χ3v) is 3.91. The summed E-state index contributed by atoms with van der Waals surface area (Å²) in [4.78, 5) is 16.9. The van der Waals surface area contributed by atoms with Gasteiger partial charge in [-0.3, -0.25) is 4.79 Å². The van der Waals surface area contributed by atoms with Crippen molar-refractivity contribution in [2.45, 2.75) is 0 Å². The Kier molecular flexibility index (Phi) is 6.67. The van der Waals surface area contributed by atoms with Crippen LogP contribution in [0.3, 0.4) is 0 Å². The summed E-state index contributed by atoms with van der Waals surface area (Å²) in [5.74, 6) is 0.482. The number of hydrogen-bond donors (Lipinski definition) is 2. The Morgan fingerprint density at radius 2 is 1.70 bits per heavy atom. The van der Waals surface area contributed by atoms with Crippen LogP contribution in [0.1, 0.15) is 10.6 Å². The molecule has 3 aromatic rings. The van der Waals surface area contributed by atoms with E-state index in [1.165, 1.54) is 0 Å². The maximum absolute atomic E-state index is 12.5. The van der Waals surface area contributed by atoms with Crippen LogP contribution in [-0.4, -0.2) is 54.0 Å². The largest absolute Gasteiger partial charge is 0.383 e. The van der Waals surface area contributed by atoms with Crippen molar-refractivity contribution >= 4 is 5.91 Å². The molecule has 140 valence electrons. The summed E-state index contributed by atoms with van der Waals surface area (Å²) in [6.07, 6.45) is 0. The Morgan fingerprint density at radius 3 is 2.41 bits per heavy atom. The van der Waals surface area contributed by atoms with E-state index >= 15 is 0 Å². The van der Waals surface area contributed by atoms with Gasteiger partial charge in [0.1, 0.15) is 0 Å². The molecular weight excluding hydrogens is 342 g/mol. The van der Waals surface area contributed by atoms with Gasteiger partial charge in [-0.15, -0.1) is 5.10 Å². The van der Waals surface area contributed by atoms with Crippen molar-refractivity contribution in [2.24, 2.45) is 0 Å². The van der Waals surface area contributed by atoms with Gasteiger partial charge in [-0.1, -0.05) is 48.5 Å². The predicted octanol–water partition coefficient (Wildman–Crippen LogP) is 1.90. The van der Waals surface area contributed by atoms with E-state index < -0.39 is 0 Å². The first kappa shape index (κ1) is 18.8. The zero-order valence-corrected chi connectivity index (χ0v) is 15.3. The second-order valence-corrected chi connectivity index (χ2v) is 5.87. The van der Waals surface area contributed by atoms with Crippen molar-refractivity contribution < 1.29 is 9.53 Å². The molecule has 0 aliphatic carbocycles. The highest BCUT2D eigenvalue weighted by Crippen LogP contribution is 2.20. The second kappa shape index (κ2) is 9.61. The van der Waals surface area contributed by atoms with Crippen LogP contribution in [0.5, 0.6) is 0 Å². The Hall–Kier alpha value is -3.03. The lowest BCUT2D eigenvalue weighted by atomic mass is 10.2. The monoisotopic (exact) mass is 365 g/mol. The number of nitrogens with one attached hydrogen (secondary N) is 2. The van der Waals surface area contributed by atoms with E-state index in [9.17, 15) is 4.79 Å². The molecule has 0 saturated heterocycles. The Morgan fingerprint density at radius 1 is 1.00 bits per heavy atom. The van der Waals surface area contributed by atoms with E-state index in [4.69, 9.17) is 4.74 Å². The fourth-order valence-electron chi connectivity index (χ4n) is 2.57. The zero-order chi connectivity index (χ0) is 18.9. The van der Waals surface area contributed by atoms with Gasteiger partial charge in [0, 0.05) is 32.3 Å². The minimum absolute atomic E-state index is 0.148. The predicted molar refractivity (Wildman–Crippen MR) is 104 cm³/mol. The van der Waals surface area contributed by atoms with E-state index in [0.29, 0.717) is 25.5 Å². The molecule has 0 spiro atoms. The van der Waals surface area contributed by atoms with Crippen molar-refractivity contribution in [3.63, 3.8) is 0 Å². The van der Waals surface area contributed by atoms with Crippen molar-refractivity contribution in [2.75, 3.05) is 33.4 Å². The molecule has 0 atom stereocenters. The lowest BCUT2D eigenvalue weighted by molar-refractivity contribution is 0.0943. The van der Waals surface area contributed by atoms with Crippen molar-refractivity contribution in [3.05, 3.63) is 66.5 Å². The molecule has 1 aromatic heterocycles. The van der Waals surface area contributed by atoms with Crippen LogP contribution in [-0.2, 0) is 4.74 Å². The SMILES string of the molecule is COCCNCCNC(=O)c1nc(-c2ccccc2)n(-c2ccccc2)n1. The number of ether oxygens (including phenoxy) is 1. The van der Waals surface area contributed by atoms with E-state index in [0.717, 1.165) is 17.8 Å². The minimum Gasteiger partial charge on any atom is -0.383 e. The molecule has 2 N–H and O–H groups in total. The lowest BCUT2D eigenvalue weighted by Gasteiger charge is -2.05. The standard InChI is InChI=1S/C20H23N5O2/c1-27-15-14-21-12-13-22-20(26)18-23-19(16-8-4-2-5-9-16)25(24-18)17-10-6-3-7-11-17/h2-11,21H,12-15H2,1H3,(H,22,26). The average molecular weight is 365 g/mol. The van der Waals surface area contributed by atoms with Gasteiger partial charge in [-0.2, -0.15) is 0 Å². The van der Waals surface area contributed by atoms with Crippen molar-refractivity contribution in [1.29, 1.82) is 0 Å². The van der Waals surface area contributed by atoms with E-state index in [-0.39, 0.29) is 11.7 Å². The fourth-order valence-corrected chi connectivity index (χ4v) is 2.57. The number of benzene rings is 2. The molecule has 7 nitrogen and oxygen atoms in total. The normalized spacial score (nSPS) is 10.7. The molecule has 1 amide bonds. The molecule has 7 heteroatoms. The van der Waals surface area contributed by atoms with Crippen LogP contribution in [0.25, 0.3) is 17.1 Å². The smallest absolute Gasteiger partial charge is 0.291 e. The molecule has 3 rings (SSSR count). The summed E-state index contributed by atoms with van der Waals surface area (Å²) in [6.45, 7) is 2.52. The van der Waals surface area contributed by atoms with Gasteiger partial charge in [0.15, 0.2) is 5.82 Å². The van der Waals surface area contributed by atoms with Crippen LogP contribution < -0.4 is 10.6 Å². The Labute approximate surface area is 158 Å². The van der Waals surface area contributed by atoms with Crippen LogP contribution in [0.4, 0.5) is 0 Å². The highest BCUT2D eigenvalue weighted by Gasteiger charge is 2.18. The van der Waals surface area contributed by atoms with E-state index in [2.05, 4.69) is 20.7 Å². The van der Waals surface area contributed by atoms with Crippen LogP contribution in [0.2, 0.25) is 0 Å². The first-order valence-electron chi connectivity index (χ1n) is 8.85. The summed E-state index contributed by atoms with van der Waals surface area (Å²) in [5.41, 5.74) is 1.75. The van der Waals surface area contributed by atoms with E-state index in [1.54, 1.807) is 11.8 Å². The number of rotatable bonds is 9. The number of methoxy groups -OCH3 is 1. The third-order valence-electron chi connectivity index (χ3n) is 3.91. The zero-order valence-electron chi connectivity index (χ0n) is 15.3. The number of hydrogen-bond acceptors (Lipinski definition) is 5. The van der Waals surface area contributed by atoms with Gasteiger partial charge in [-0.25, -0.2) is 9.67 Å². The molecular formula is C20H23N5O2. The number of aromatic nitrogens is 3. The number of carbonyl (C=O) groups is 1. The first-order chi connectivity index (χ1) is 13.3. The van der Waals surface area contributed by atoms with E-state index in [1.807, 2.05) is 60.7 Å². The number of para-hydroxylation sites is 1. The van der Waals surface area contributed by atoms with Gasteiger partial charge in [0.25, 0.3) is 5.91 Å². The summed E-state index contributed by atoms with van der Waals surface area (Å²) in [6, 6.07) is 19.4. The molecule has 2 aromatic carbocycles. The molecule has 0 aliphatic rings. The van der Waals surface area contributed by atoms with Gasteiger partial charge in [-0.05, 0) is 12.1 Å². The van der Waals surface area contributed by atoms with Gasteiger partial charge >= 0.3 is 0 Å².